The molecule has 7 heteroatoms. The summed E-state index contributed by atoms with van der Waals surface area (Å²) in [6.45, 7) is 8.62. The minimum atomic E-state index is -1.19. The van der Waals surface area contributed by atoms with Crippen molar-refractivity contribution < 1.29 is 4.39 Å². The second-order valence-electron chi connectivity index (χ2n) is 13.0. The van der Waals surface area contributed by atoms with Gasteiger partial charge < -0.3 is 9.88 Å². The van der Waals surface area contributed by atoms with Gasteiger partial charge in [0.1, 0.15) is 5.67 Å². The van der Waals surface area contributed by atoms with Crippen molar-refractivity contribution in [1.29, 1.82) is 0 Å². The molecule has 4 unspecified atom stereocenters. The number of halogens is 2. The minimum Gasteiger partial charge on any atom is -0.344 e. The summed E-state index contributed by atoms with van der Waals surface area (Å²) >= 11 is 8.50. The number of benzene rings is 1. The van der Waals surface area contributed by atoms with Crippen LogP contribution < -0.4 is 5.32 Å². The number of aromatic nitrogens is 2. The summed E-state index contributed by atoms with van der Waals surface area (Å²) in [6, 6.07) is 11.1. The third kappa shape index (κ3) is 3.78. The fourth-order valence-corrected chi connectivity index (χ4v) is 9.53. The molecular formula is C31H34ClFN4S. The Morgan fingerprint density at radius 1 is 1.08 bits per heavy atom. The highest BCUT2D eigenvalue weighted by atomic mass is 35.5. The van der Waals surface area contributed by atoms with E-state index in [9.17, 15) is 0 Å². The number of nitrogens with one attached hydrogen (secondary N) is 1. The lowest BCUT2D eigenvalue weighted by atomic mass is 9.89. The van der Waals surface area contributed by atoms with Gasteiger partial charge in [-0.2, -0.15) is 0 Å². The first kappa shape index (κ1) is 23.9. The molecule has 38 heavy (non-hydrogen) atoms. The average molecular weight is 549 g/mol. The van der Waals surface area contributed by atoms with E-state index < -0.39 is 5.67 Å². The molecule has 1 N–H and O–H groups in total. The van der Waals surface area contributed by atoms with Crippen molar-refractivity contribution in [2.24, 2.45) is 17.3 Å². The van der Waals surface area contributed by atoms with E-state index in [-0.39, 0.29) is 0 Å². The van der Waals surface area contributed by atoms with Crippen LogP contribution >= 0.6 is 22.9 Å². The van der Waals surface area contributed by atoms with Crippen molar-refractivity contribution in [3.05, 3.63) is 52.6 Å². The van der Waals surface area contributed by atoms with Crippen LogP contribution in [-0.4, -0.2) is 45.3 Å². The summed E-state index contributed by atoms with van der Waals surface area (Å²) in [6.07, 6.45) is 7.33. The van der Waals surface area contributed by atoms with Crippen molar-refractivity contribution >= 4 is 44.1 Å². The van der Waals surface area contributed by atoms with Gasteiger partial charge >= 0.3 is 0 Å². The number of fused-ring (bicyclic) bond motifs is 5. The highest BCUT2D eigenvalue weighted by Gasteiger charge is 2.61. The fraction of sp³-hybridized carbons (Fsp3) is 0.516. The van der Waals surface area contributed by atoms with E-state index in [0.717, 1.165) is 58.8 Å². The van der Waals surface area contributed by atoms with Crippen LogP contribution in [0.15, 0.2) is 42.7 Å². The maximum Gasteiger partial charge on any atom is 0.131 e. The van der Waals surface area contributed by atoms with Crippen LogP contribution in [0.2, 0.25) is 5.02 Å². The lowest BCUT2D eigenvalue weighted by molar-refractivity contribution is 0.0712. The standard InChI is InChI=1S/C31H34ClFN4S/c1-30(2)25-15-36(16-26(25)30)14-22-11-27-29(38-22)23(5-7-34-27)24-10-19(32)9-18-6-8-37(28(18)24)17-31(33)12-20-3-4-21(13-31)35-20/h5-11,20-21,25-26,35H,3-4,12-17H2,1-2H3. The van der Waals surface area contributed by atoms with E-state index in [0.29, 0.717) is 41.9 Å². The lowest BCUT2D eigenvalue weighted by Crippen LogP contribution is -2.47. The van der Waals surface area contributed by atoms with Crippen LogP contribution in [0.4, 0.5) is 4.39 Å². The van der Waals surface area contributed by atoms with E-state index >= 15 is 4.39 Å². The maximum absolute atomic E-state index is 16.2. The molecule has 0 radical (unpaired) electrons. The third-order valence-corrected chi connectivity index (χ3v) is 11.5. The van der Waals surface area contributed by atoms with Crippen molar-refractivity contribution in [3.8, 4) is 11.1 Å². The Labute approximate surface area is 232 Å². The summed E-state index contributed by atoms with van der Waals surface area (Å²) in [4.78, 5) is 8.71. The second-order valence-corrected chi connectivity index (χ2v) is 14.6. The Morgan fingerprint density at radius 3 is 2.61 bits per heavy atom. The summed E-state index contributed by atoms with van der Waals surface area (Å²) in [5.74, 6) is 1.71. The number of rotatable bonds is 5. The highest BCUT2D eigenvalue weighted by Crippen LogP contribution is 2.62. The zero-order valence-corrected chi connectivity index (χ0v) is 23.6. The summed E-state index contributed by atoms with van der Waals surface area (Å²) in [5.41, 5.74) is 3.67. The quantitative estimate of drug-likeness (QED) is 0.284. The third-order valence-electron chi connectivity index (χ3n) is 10.2. The minimum absolute atomic E-state index is 0.312. The first-order valence-electron chi connectivity index (χ1n) is 14.1. The molecule has 3 saturated heterocycles. The Hall–Kier alpha value is -1.99. The molecule has 4 aliphatic rings. The molecule has 4 fully saturated rings. The number of pyridine rings is 1. The van der Waals surface area contributed by atoms with Crippen LogP contribution in [-0.2, 0) is 13.1 Å². The van der Waals surface area contributed by atoms with E-state index in [1.54, 1.807) is 0 Å². The number of piperidine rings is 2. The van der Waals surface area contributed by atoms with Gasteiger partial charge in [0, 0.05) is 70.5 Å². The lowest BCUT2D eigenvalue weighted by Gasteiger charge is -2.35. The monoisotopic (exact) mass is 548 g/mol. The molecular weight excluding hydrogens is 515 g/mol. The van der Waals surface area contributed by atoms with E-state index in [4.69, 9.17) is 16.6 Å². The Kier molecular flexibility index (Phi) is 5.19. The van der Waals surface area contributed by atoms with Gasteiger partial charge in [0.25, 0.3) is 0 Å². The van der Waals surface area contributed by atoms with Gasteiger partial charge in [0.2, 0.25) is 0 Å². The van der Waals surface area contributed by atoms with Gasteiger partial charge in [0.05, 0.1) is 22.3 Å². The van der Waals surface area contributed by atoms with E-state index in [1.165, 1.54) is 22.7 Å². The predicted octanol–water partition coefficient (Wildman–Crippen LogP) is 7.28. The van der Waals surface area contributed by atoms with Gasteiger partial charge in [-0.1, -0.05) is 25.4 Å². The van der Waals surface area contributed by atoms with E-state index in [2.05, 4.69) is 52.9 Å². The SMILES string of the molecule is CC1(C)C2CN(Cc3cc4nccc(-c5cc(Cl)cc6ccn(CC7(F)CC8CCC(C7)N8)c56)c4s3)CC21. The molecule has 2 bridgehead atoms. The number of thiophene rings is 1. The molecule has 3 aromatic heterocycles. The Morgan fingerprint density at radius 2 is 1.84 bits per heavy atom. The molecule has 0 spiro atoms. The molecule has 4 aromatic rings. The van der Waals surface area contributed by atoms with E-state index in [1.807, 2.05) is 29.8 Å². The normalized spacial score (nSPS) is 31.9. The molecule has 1 aromatic carbocycles. The number of nitrogens with zero attached hydrogens (tertiary/aromatic N) is 3. The number of hydrogen-bond donors (Lipinski definition) is 1. The molecule has 6 heterocycles. The molecule has 4 nitrogen and oxygen atoms in total. The molecule has 1 saturated carbocycles. The second kappa shape index (κ2) is 8.26. The van der Waals surface area contributed by atoms with Crippen LogP contribution in [0.1, 0.15) is 44.4 Å². The van der Waals surface area contributed by atoms with Crippen LogP contribution in [0, 0.1) is 17.3 Å². The summed E-state index contributed by atoms with van der Waals surface area (Å²) in [7, 11) is 0. The fourth-order valence-electron chi connectivity index (χ4n) is 8.12. The van der Waals surface area contributed by atoms with Crippen molar-refractivity contribution in [1.82, 2.24) is 19.8 Å². The number of likely N-dealkylation sites (tertiary alicyclic amines) is 1. The van der Waals surface area contributed by atoms with Gasteiger partial charge in [-0.3, -0.25) is 9.88 Å². The predicted molar refractivity (Wildman–Crippen MR) is 155 cm³/mol. The molecule has 3 aliphatic heterocycles. The molecule has 4 atom stereocenters. The van der Waals surface area contributed by atoms with Gasteiger partial charge in [-0.15, -0.1) is 11.3 Å². The Bertz CT molecular complexity index is 1550. The average Bonchev–Trinajstić information content (AvgIpc) is 3.48. The molecule has 8 rings (SSSR count). The molecule has 198 valence electrons. The number of hydrogen-bond acceptors (Lipinski definition) is 4. The van der Waals surface area contributed by atoms with Gasteiger partial charge in [-0.25, -0.2) is 4.39 Å². The first-order valence-corrected chi connectivity index (χ1v) is 15.3. The van der Waals surface area contributed by atoms with Crippen LogP contribution in [0.5, 0.6) is 0 Å². The topological polar surface area (TPSA) is 33.1 Å². The smallest absolute Gasteiger partial charge is 0.131 e. The highest BCUT2D eigenvalue weighted by molar-refractivity contribution is 7.19. The Balaban J connectivity index is 1.16. The van der Waals surface area contributed by atoms with Crippen LogP contribution in [0.25, 0.3) is 32.2 Å². The first-order chi connectivity index (χ1) is 18.3. The van der Waals surface area contributed by atoms with Gasteiger partial charge in [-0.05, 0) is 73.3 Å². The zero-order valence-electron chi connectivity index (χ0n) is 22.0. The zero-order chi connectivity index (χ0) is 25.8. The largest absolute Gasteiger partial charge is 0.344 e. The van der Waals surface area contributed by atoms with Crippen molar-refractivity contribution in [2.45, 2.75) is 70.4 Å². The summed E-state index contributed by atoms with van der Waals surface area (Å²) in [5, 5.41) is 5.36. The molecule has 1 aliphatic carbocycles. The van der Waals surface area contributed by atoms with Crippen molar-refractivity contribution in [2.75, 3.05) is 13.1 Å². The van der Waals surface area contributed by atoms with Crippen LogP contribution in [0.3, 0.4) is 0 Å². The van der Waals surface area contributed by atoms with Crippen molar-refractivity contribution in [3.63, 3.8) is 0 Å². The number of alkyl halides is 1. The summed E-state index contributed by atoms with van der Waals surface area (Å²) < 4.78 is 19.6. The molecule has 0 amide bonds. The van der Waals surface area contributed by atoms with Gasteiger partial charge in [0.15, 0.2) is 0 Å². The maximum atomic E-state index is 16.2.